The summed E-state index contributed by atoms with van der Waals surface area (Å²) in [6, 6.07) is 6.13. The molecule has 1 saturated heterocycles. The van der Waals surface area contributed by atoms with E-state index in [1.807, 2.05) is 6.07 Å². The average molecular weight is 302 g/mol. The Morgan fingerprint density at radius 3 is 3.00 bits per heavy atom. The Morgan fingerprint density at radius 1 is 1.27 bits per heavy atom. The molecule has 0 unspecified atom stereocenters. The Bertz CT molecular complexity index is 589. The van der Waals surface area contributed by atoms with E-state index >= 15 is 0 Å². The molecule has 1 N–H and O–H groups in total. The van der Waals surface area contributed by atoms with Gasteiger partial charge in [0.05, 0.1) is 11.0 Å². The number of hydrogen-bond acceptors (Lipinski definition) is 4. The molecule has 1 heterocycles. The van der Waals surface area contributed by atoms with Crippen LogP contribution >= 0.6 is 0 Å². The maximum absolute atomic E-state index is 11.0. The first kappa shape index (κ1) is 14.2. The van der Waals surface area contributed by atoms with Crippen molar-refractivity contribution >= 4 is 5.69 Å². The molecule has 0 radical (unpaired) electrons. The van der Waals surface area contributed by atoms with E-state index in [1.54, 1.807) is 12.1 Å². The van der Waals surface area contributed by atoms with E-state index < -0.39 is 0 Å². The summed E-state index contributed by atoms with van der Waals surface area (Å²) in [6.07, 6.45) is 7.20. The first-order valence-corrected chi connectivity index (χ1v) is 8.37. The van der Waals surface area contributed by atoms with E-state index in [-0.39, 0.29) is 16.7 Å². The van der Waals surface area contributed by atoms with Crippen molar-refractivity contribution in [2.45, 2.75) is 56.7 Å². The molecule has 2 fully saturated rings. The highest BCUT2D eigenvalue weighted by Gasteiger charge is 2.44. The van der Waals surface area contributed by atoms with Crippen molar-refractivity contribution in [3.05, 3.63) is 39.4 Å². The molecule has 5 nitrogen and oxygen atoms in total. The Balaban J connectivity index is 1.52. The largest absolute Gasteiger partial charge is 0.378 e. The van der Waals surface area contributed by atoms with Gasteiger partial charge in [0, 0.05) is 36.7 Å². The van der Waals surface area contributed by atoms with Gasteiger partial charge in [0.25, 0.3) is 5.69 Å². The number of non-ortho nitro benzene ring substituents is 1. The minimum Gasteiger partial charge on any atom is -0.378 e. The van der Waals surface area contributed by atoms with Crippen LogP contribution in [0.25, 0.3) is 0 Å². The first-order chi connectivity index (χ1) is 10.7. The molecule has 0 aromatic heterocycles. The van der Waals surface area contributed by atoms with E-state index in [2.05, 4.69) is 5.32 Å². The van der Waals surface area contributed by atoms with E-state index in [9.17, 15) is 10.1 Å². The topological polar surface area (TPSA) is 64.4 Å². The summed E-state index contributed by atoms with van der Waals surface area (Å²) in [5, 5.41) is 14.8. The molecule has 1 aromatic rings. The van der Waals surface area contributed by atoms with Crippen LogP contribution in [-0.4, -0.2) is 23.7 Å². The zero-order chi connectivity index (χ0) is 15.1. The van der Waals surface area contributed by atoms with Crippen LogP contribution in [0.5, 0.6) is 0 Å². The van der Waals surface area contributed by atoms with Crippen molar-refractivity contribution in [3.63, 3.8) is 0 Å². The molecule has 1 aromatic carbocycles. The molecule has 4 atom stereocenters. The van der Waals surface area contributed by atoms with Crippen molar-refractivity contribution in [2.24, 2.45) is 5.92 Å². The molecule has 0 spiro atoms. The summed E-state index contributed by atoms with van der Waals surface area (Å²) in [5.74, 6) is 0.637. The van der Waals surface area contributed by atoms with Gasteiger partial charge in [-0.1, -0.05) is 6.07 Å². The maximum atomic E-state index is 11.0. The highest BCUT2D eigenvalue weighted by Crippen LogP contribution is 2.41. The molecule has 2 aliphatic carbocycles. The fourth-order valence-electron chi connectivity index (χ4n) is 4.32. The van der Waals surface area contributed by atoms with Crippen LogP contribution < -0.4 is 5.32 Å². The molecule has 4 rings (SSSR count). The summed E-state index contributed by atoms with van der Waals surface area (Å²) in [7, 11) is 0. The summed E-state index contributed by atoms with van der Waals surface area (Å²) >= 11 is 0. The average Bonchev–Trinajstić information content (AvgIpc) is 2.52. The summed E-state index contributed by atoms with van der Waals surface area (Å²) in [6.45, 7) is 0.909. The normalized spacial score (nSPS) is 33.5. The predicted octanol–water partition coefficient (Wildman–Crippen LogP) is 3.13. The molecular formula is C17H22N2O3. The van der Waals surface area contributed by atoms with Gasteiger partial charge in [0.2, 0.25) is 0 Å². The second-order valence-corrected chi connectivity index (χ2v) is 6.81. The van der Waals surface area contributed by atoms with Crippen LogP contribution in [0.2, 0.25) is 0 Å². The fraction of sp³-hybridized carbons (Fsp3) is 0.647. The Morgan fingerprint density at radius 2 is 2.18 bits per heavy atom. The van der Waals surface area contributed by atoms with E-state index in [0.29, 0.717) is 18.1 Å². The van der Waals surface area contributed by atoms with Crippen molar-refractivity contribution in [3.8, 4) is 0 Å². The van der Waals surface area contributed by atoms with Gasteiger partial charge >= 0.3 is 0 Å². The number of rotatable bonds is 3. The zero-order valence-electron chi connectivity index (χ0n) is 12.7. The van der Waals surface area contributed by atoms with Gasteiger partial charge in [0.15, 0.2) is 0 Å². The smallest absolute Gasteiger partial charge is 0.269 e. The number of fused-ring (bicyclic) bond motifs is 2. The Hall–Kier alpha value is -1.46. The second-order valence-electron chi connectivity index (χ2n) is 6.81. The minimum atomic E-state index is -0.291. The summed E-state index contributed by atoms with van der Waals surface area (Å²) in [4.78, 5) is 10.7. The Kier molecular flexibility index (Phi) is 3.62. The van der Waals surface area contributed by atoms with Gasteiger partial charge in [-0.25, -0.2) is 0 Å². The third kappa shape index (κ3) is 2.42. The molecule has 0 amide bonds. The van der Waals surface area contributed by atoms with Crippen LogP contribution in [-0.2, 0) is 11.2 Å². The minimum absolute atomic E-state index is 0.208. The lowest BCUT2D eigenvalue weighted by Gasteiger charge is -2.49. The molecule has 1 saturated carbocycles. The summed E-state index contributed by atoms with van der Waals surface area (Å²) in [5.41, 5.74) is 2.62. The van der Waals surface area contributed by atoms with Gasteiger partial charge in [-0.05, 0) is 49.7 Å². The lowest BCUT2D eigenvalue weighted by molar-refractivity contribution is -0.385. The number of nitrogens with zero attached hydrogens (tertiary/aromatic N) is 1. The van der Waals surface area contributed by atoms with Crippen molar-refractivity contribution in [1.82, 2.24) is 5.32 Å². The van der Waals surface area contributed by atoms with Gasteiger partial charge in [-0.15, -0.1) is 0 Å². The summed E-state index contributed by atoms with van der Waals surface area (Å²) < 4.78 is 5.79. The molecule has 22 heavy (non-hydrogen) atoms. The molecule has 3 aliphatic rings. The van der Waals surface area contributed by atoms with Gasteiger partial charge in [0.1, 0.15) is 0 Å². The number of nitrogens with one attached hydrogen (secondary N) is 1. The molecule has 118 valence electrons. The van der Waals surface area contributed by atoms with E-state index in [4.69, 9.17) is 4.74 Å². The van der Waals surface area contributed by atoms with Gasteiger partial charge in [-0.2, -0.15) is 0 Å². The van der Waals surface area contributed by atoms with E-state index in [0.717, 1.165) is 44.3 Å². The molecule has 0 bridgehead atoms. The standard InChI is InChI=1S/C17H22N2O3/c20-19(21)12-7-6-11-3-1-5-15(14(11)9-12)18-16-10-17-13(16)4-2-8-22-17/h6-7,9,13,15-18H,1-5,8,10H2/t13-,15+,16+,17-/m0/s1. The van der Waals surface area contributed by atoms with Gasteiger partial charge in [-0.3, -0.25) is 10.1 Å². The number of nitro groups is 1. The SMILES string of the molecule is O=[N+]([O-])c1ccc2c(c1)[C@H](N[C@@H]1C[C@@H]3OCCC[C@H]31)CCC2. The number of aryl methyl sites for hydroxylation is 1. The lowest BCUT2D eigenvalue weighted by atomic mass is 9.71. The molecular weight excluding hydrogens is 280 g/mol. The third-order valence-electron chi connectivity index (χ3n) is 5.56. The van der Waals surface area contributed by atoms with Crippen LogP contribution in [0.1, 0.15) is 49.3 Å². The maximum Gasteiger partial charge on any atom is 0.269 e. The van der Waals surface area contributed by atoms with Crippen LogP contribution in [0.15, 0.2) is 18.2 Å². The predicted molar refractivity (Wildman–Crippen MR) is 82.8 cm³/mol. The number of ether oxygens (including phenoxy) is 1. The van der Waals surface area contributed by atoms with Crippen molar-refractivity contribution in [1.29, 1.82) is 0 Å². The quantitative estimate of drug-likeness (QED) is 0.688. The highest BCUT2D eigenvalue weighted by atomic mass is 16.6. The number of benzene rings is 1. The third-order valence-corrected chi connectivity index (χ3v) is 5.56. The van der Waals surface area contributed by atoms with Crippen molar-refractivity contribution < 1.29 is 9.66 Å². The van der Waals surface area contributed by atoms with Gasteiger partial charge < -0.3 is 10.1 Å². The van der Waals surface area contributed by atoms with Crippen LogP contribution in [0.3, 0.4) is 0 Å². The fourth-order valence-corrected chi connectivity index (χ4v) is 4.32. The molecule has 5 heteroatoms. The zero-order valence-corrected chi connectivity index (χ0v) is 12.7. The van der Waals surface area contributed by atoms with E-state index in [1.165, 1.54) is 12.0 Å². The Labute approximate surface area is 130 Å². The van der Waals surface area contributed by atoms with Crippen LogP contribution in [0.4, 0.5) is 5.69 Å². The number of hydrogen-bond donors (Lipinski definition) is 1. The highest BCUT2D eigenvalue weighted by molar-refractivity contribution is 5.42. The first-order valence-electron chi connectivity index (χ1n) is 8.37. The monoisotopic (exact) mass is 302 g/mol. The van der Waals surface area contributed by atoms with Crippen LogP contribution in [0, 0.1) is 16.0 Å². The second kappa shape index (κ2) is 5.63. The lowest BCUT2D eigenvalue weighted by Crippen LogP contribution is -2.57. The number of nitro benzene ring substituents is 1. The molecule has 1 aliphatic heterocycles. The van der Waals surface area contributed by atoms with Crippen molar-refractivity contribution in [2.75, 3.05) is 6.61 Å².